The number of primary sulfonamides is 1. The molecule has 21 heavy (non-hydrogen) atoms. The van der Waals surface area contributed by atoms with Crippen LogP contribution in [0.15, 0.2) is 17.0 Å². The Morgan fingerprint density at radius 1 is 1.10 bits per heavy atom. The summed E-state index contributed by atoms with van der Waals surface area (Å²) in [6.07, 6.45) is 0. The third kappa shape index (κ3) is 5.29. The molecule has 0 spiro atoms. The fourth-order valence-electron chi connectivity index (χ4n) is 1.87. The number of nitrogens with one attached hydrogen (secondary N) is 1. The first-order chi connectivity index (χ1) is 9.21. The highest BCUT2D eigenvalue weighted by Crippen LogP contribution is 2.26. The van der Waals surface area contributed by atoms with E-state index in [4.69, 9.17) is 5.14 Å². The molecule has 0 aromatic heterocycles. The summed E-state index contributed by atoms with van der Waals surface area (Å²) >= 11 is 0. The van der Waals surface area contributed by atoms with E-state index in [0.29, 0.717) is 11.1 Å². The third-order valence-electron chi connectivity index (χ3n) is 2.86. The Hall–Kier alpha value is -1.12. The molecule has 8 heteroatoms. The van der Waals surface area contributed by atoms with E-state index in [1.165, 1.54) is 12.1 Å². The van der Waals surface area contributed by atoms with E-state index in [1.54, 1.807) is 13.8 Å². The van der Waals surface area contributed by atoms with Crippen molar-refractivity contribution in [2.24, 2.45) is 10.6 Å². The highest BCUT2D eigenvalue weighted by atomic mass is 32.2. The molecule has 0 aliphatic heterocycles. The van der Waals surface area contributed by atoms with Gasteiger partial charge in [-0.2, -0.15) is 0 Å². The van der Waals surface area contributed by atoms with Crippen LogP contribution in [0.4, 0.5) is 5.69 Å². The van der Waals surface area contributed by atoms with Crippen LogP contribution < -0.4 is 9.86 Å². The van der Waals surface area contributed by atoms with E-state index in [-0.39, 0.29) is 16.3 Å². The van der Waals surface area contributed by atoms with Gasteiger partial charge < -0.3 is 0 Å². The lowest BCUT2D eigenvalue weighted by Gasteiger charge is -2.20. The summed E-state index contributed by atoms with van der Waals surface area (Å²) in [7, 11) is -7.47. The molecule has 3 N–H and O–H groups in total. The molecule has 0 heterocycles. The average Bonchev–Trinajstić information content (AvgIpc) is 2.18. The van der Waals surface area contributed by atoms with Crippen molar-refractivity contribution >= 4 is 25.7 Å². The summed E-state index contributed by atoms with van der Waals surface area (Å²) < 4.78 is 49.6. The second-order valence-corrected chi connectivity index (χ2v) is 9.66. The van der Waals surface area contributed by atoms with E-state index in [1.807, 2.05) is 20.8 Å². The minimum atomic E-state index is -3.89. The molecule has 0 unspecified atom stereocenters. The van der Waals surface area contributed by atoms with Crippen molar-refractivity contribution in [2.45, 2.75) is 39.5 Å². The molecule has 120 valence electrons. The predicted molar refractivity (Wildman–Crippen MR) is 84.2 cm³/mol. The van der Waals surface area contributed by atoms with Gasteiger partial charge in [-0.15, -0.1) is 0 Å². The topological polar surface area (TPSA) is 106 Å². The smallest absolute Gasteiger partial charge is 0.238 e. The maximum atomic E-state index is 12.1. The normalized spacial score (nSPS) is 13.2. The van der Waals surface area contributed by atoms with Gasteiger partial charge in [0, 0.05) is 0 Å². The molecule has 1 aromatic rings. The molecule has 0 amide bonds. The lowest BCUT2D eigenvalue weighted by Crippen LogP contribution is -2.26. The number of sulfonamides is 2. The summed E-state index contributed by atoms with van der Waals surface area (Å²) in [6.45, 7) is 8.85. The quantitative estimate of drug-likeness (QED) is 0.874. The Balaban J connectivity index is 3.29. The van der Waals surface area contributed by atoms with Crippen LogP contribution in [0.1, 0.15) is 31.9 Å². The molecule has 0 aliphatic carbocycles. The summed E-state index contributed by atoms with van der Waals surface area (Å²) in [6, 6.07) is 2.67. The lowest BCUT2D eigenvalue weighted by molar-refractivity contribution is 0.463. The monoisotopic (exact) mass is 334 g/mol. The van der Waals surface area contributed by atoms with Gasteiger partial charge in [0.25, 0.3) is 0 Å². The van der Waals surface area contributed by atoms with Gasteiger partial charge in [0.2, 0.25) is 20.0 Å². The first-order valence-corrected chi connectivity index (χ1v) is 9.56. The van der Waals surface area contributed by atoms with Crippen LogP contribution in [0, 0.1) is 19.3 Å². The fourth-order valence-corrected chi connectivity index (χ4v) is 4.25. The SMILES string of the molecule is Cc1cc(S(N)(=O)=O)cc(NS(=O)(=O)CC(C)(C)C)c1C. The van der Waals surface area contributed by atoms with Gasteiger partial charge in [-0.1, -0.05) is 20.8 Å². The standard InChI is InChI=1S/C13H22N2O4S2/c1-9-6-11(21(14,18)19)7-12(10(9)2)15-20(16,17)8-13(3,4)5/h6-7,15H,8H2,1-5H3,(H2,14,18,19). The summed E-state index contributed by atoms with van der Waals surface area (Å²) in [4.78, 5) is -0.112. The van der Waals surface area contributed by atoms with Gasteiger partial charge in [-0.25, -0.2) is 22.0 Å². The zero-order valence-electron chi connectivity index (χ0n) is 12.9. The minimum Gasteiger partial charge on any atom is -0.283 e. The van der Waals surface area contributed by atoms with Gasteiger partial charge in [0.15, 0.2) is 0 Å². The van der Waals surface area contributed by atoms with Gasteiger partial charge in [0.1, 0.15) is 0 Å². The summed E-state index contributed by atoms with van der Waals surface area (Å²) in [5, 5.41) is 5.11. The number of rotatable bonds is 4. The second kappa shape index (κ2) is 5.58. The average molecular weight is 334 g/mol. The predicted octanol–water partition coefficient (Wildman–Crippen LogP) is 1.74. The number of benzene rings is 1. The molecule has 0 atom stereocenters. The van der Waals surface area contributed by atoms with Gasteiger partial charge in [0.05, 0.1) is 16.3 Å². The van der Waals surface area contributed by atoms with Crippen molar-refractivity contribution in [1.29, 1.82) is 0 Å². The van der Waals surface area contributed by atoms with Crippen molar-refractivity contribution in [1.82, 2.24) is 0 Å². The zero-order valence-corrected chi connectivity index (χ0v) is 14.5. The van der Waals surface area contributed by atoms with Crippen molar-refractivity contribution in [3.05, 3.63) is 23.3 Å². The molecular formula is C13H22N2O4S2. The van der Waals surface area contributed by atoms with Crippen LogP contribution in [0.2, 0.25) is 0 Å². The van der Waals surface area contributed by atoms with E-state index in [2.05, 4.69) is 4.72 Å². The first-order valence-electron chi connectivity index (χ1n) is 6.36. The Labute approximate surface area is 126 Å². The maximum absolute atomic E-state index is 12.1. The minimum absolute atomic E-state index is 0.0713. The van der Waals surface area contributed by atoms with Crippen molar-refractivity contribution in [3.8, 4) is 0 Å². The van der Waals surface area contributed by atoms with Gasteiger partial charge in [-0.05, 0) is 42.5 Å². The molecule has 6 nitrogen and oxygen atoms in total. The Morgan fingerprint density at radius 3 is 2.05 bits per heavy atom. The van der Waals surface area contributed by atoms with Crippen LogP contribution >= 0.6 is 0 Å². The number of nitrogens with two attached hydrogens (primary N) is 1. The largest absolute Gasteiger partial charge is 0.283 e. The molecule has 1 rings (SSSR count). The fraction of sp³-hybridized carbons (Fsp3) is 0.538. The number of aryl methyl sites for hydroxylation is 1. The van der Waals surface area contributed by atoms with Crippen LogP contribution in [-0.2, 0) is 20.0 Å². The van der Waals surface area contributed by atoms with Crippen molar-refractivity contribution in [3.63, 3.8) is 0 Å². The highest BCUT2D eigenvalue weighted by Gasteiger charge is 2.23. The number of anilines is 1. The van der Waals surface area contributed by atoms with Crippen LogP contribution in [0.3, 0.4) is 0 Å². The van der Waals surface area contributed by atoms with Crippen LogP contribution in [0.25, 0.3) is 0 Å². The highest BCUT2D eigenvalue weighted by molar-refractivity contribution is 7.92. The zero-order chi connectivity index (χ0) is 16.6. The van der Waals surface area contributed by atoms with E-state index >= 15 is 0 Å². The number of hydrogen-bond acceptors (Lipinski definition) is 4. The molecule has 1 aromatic carbocycles. The van der Waals surface area contributed by atoms with Gasteiger partial charge in [-0.3, -0.25) is 4.72 Å². The van der Waals surface area contributed by atoms with Crippen LogP contribution in [0.5, 0.6) is 0 Å². The van der Waals surface area contributed by atoms with E-state index < -0.39 is 25.5 Å². The van der Waals surface area contributed by atoms with E-state index in [0.717, 1.165) is 0 Å². The molecular weight excluding hydrogens is 312 g/mol. The van der Waals surface area contributed by atoms with Crippen LogP contribution in [-0.4, -0.2) is 22.6 Å². The first kappa shape index (κ1) is 17.9. The van der Waals surface area contributed by atoms with Gasteiger partial charge >= 0.3 is 0 Å². The molecule has 0 radical (unpaired) electrons. The molecule has 0 fully saturated rings. The maximum Gasteiger partial charge on any atom is 0.238 e. The number of hydrogen-bond donors (Lipinski definition) is 2. The molecule has 0 bridgehead atoms. The second-order valence-electron chi connectivity index (χ2n) is 6.38. The molecule has 0 aliphatic rings. The summed E-state index contributed by atoms with van der Waals surface area (Å²) in [5.41, 5.74) is 1.14. The van der Waals surface area contributed by atoms with Crippen molar-refractivity contribution < 1.29 is 16.8 Å². The Morgan fingerprint density at radius 2 is 1.62 bits per heavy atom. The molecule has 0 saturated heterocycles. The van der Waals surface area contributed by atoms with E-state index in [9.17, 15) is 16.8 Å². The lowest BCUT2D eigenvalue weighted by atomic mass is 10.0. The summed E-state index contributed by atoms with van der Waals surface area (Å²) in [5.74, 6) is -0.0713. The molecule has 0 saturated carbocycles. The third-order valence-corrected chi connectivity index (χ3v) is 5.53. The van der Waals surface area contributed by atoms with Crippen molar-refractivity contribution in [2.75, 3.05) is 10.5 Å². The Bertz CT molecular complexity index is 745. The Kier molecular flexibility index (Phi) is 4.77.